The first kappa shape index (κ1) is 11.1. The van der Waals surface area contributed by atoms with E-state index < -0.39 is 11.8 Å². The molecule has 1 radical (unpaired) electrons. The fourth-order valence-corrected chi connectivity index (χ4v) is 1.01. The second-order valence-corrected chi connectivity index (χ2v) is 3.18. The maximum atomic E-state index is 10.6. The summed E-state index contributed by atoms with van der Waals surface area (Å²) in [6.45, 7) is 3.92. The molecule has 0 rings (SSSR count). The van der Waals surface area contributed by atoms with Gasteiger partial charge in [-0.15, -0.1) is 0 Å². The minimum atomic E-state index is -0.538. The Morgan fingerprint density at radius 2 is 2.17 bits per heavy atom. The second-order valence-electron chi connectivity index (χ2n) is 3.18. The Morgan fingerprint density at radius 1 is 1.58 bits per heavy atom. The summed E-state index contributed by atoms with van der Waals surface area (Å²) in [5.41, 5.74) is 1.49. The third-order valence-corrected chi connectivity index (χ3v) is 1.48. The van der Waals surface area contributed by atoms with E-state index in [2.05, 4.69) is 0 Å². The highest BCUT2D eigenvalue weighted by molar-refractivity contribution is 5.77. The first-order valence-electron chi connectivity index (χ1n) is 3.90. The van der Waals surface area contributed by atoms with Gasteiger partial charge in [-0.1, -0.05) is 13.8 Å². The van der Waals surface area contributed by atoms with Gasteiger partial charge in [0.15, 0.2) is 0 Å². The van der Waals surface area contributed by atoms with E-state index in [9.17, 15) is 9.59 Å². The van der Waals surface area contributed by atoms with E-state index in [4.69, 9.17) is 5.21 Å². The molecule has 0 fully saturated rings. The number of hydrogen-bond donors (Lipinski definition) is 2. The average Bonchev–Trinajstić information content (AvgIpc) is 2.02. The van der Waals surface area contributed by atoms with Crippen LogP contribution in [0.25, 0.3) is 0 Å². The Labute approximate surface area is 71.9 Å². The van der Waals surface area contributed by atoms with Crippen molar-refractivity contribution in [2.75, 3.05) is 0 Å². The molecule has 12 heavy (non-hydrogen) atoms. The molecule has 4 nitrogen and oxygen atoms in total. The van der Waals surface area contributed by atoms with Crippen molar-refractivity contribution in [1.29, 1.82) is 0 Å². The van der Waals surface area contributed by atoms with E-state index >= 15 is 0 Å². The SMILES string of the molecule is CC(C)CC([C]=O)CC(=O)NO. The highest BCUT2D eigenvalue weighted by Gasteiger charge is 2.14. The molecule has 0 aromatic rings. The zero-order valence-electron chi connectivity index (χ0n) is 7.33. The lowest BCUT2D eigenvalue weighted by atomic mass is 9.95. The number of carbonyl (C=O) groups is 1. The first-order chi connectivity index (χ1) is 5.60. The average molecular weight is 172 g/mol. The summed E-state index contributed by atoms with van der Waals surface area (Å²) < 4.78 is 0. The fraction of sp³-hybridized carbons (Fsp3) is 0.750. The largest absolute Gasteiger partial charge is 0.291 e. The van der Waals surface area contributed by atoms with Crippen LogP contribution in [-0.4, -0.2) is 17.4 Å². The van der Waals surface area contributed by atoms with E-state index in [1.807, 2.05) is 13.8 Å². The summed E-state index contributed by atoms with van der Waals surface area (Å²) in [7, 11) is 0. The van der Waals surface area contributed by atoms with Crippen molar-refractivity contribution in [2.24, 2.45) is 11.8 Å². The van der Waals surface area contributed by atoms with Gasteiger partial charge >= 0.3 is 0 Å². The molecule has 0 aliphatic heterocycles. The topological polar surface area (TPSA) is 66.4 Å². The van der Waals surface area contributed by atoms with Crippen molar-refractivity contribution < 1.29 is 14.8 Å². The summed E-state index contributed by atoms with van der Waals surface area (Å²) >= 11 is 0. The molecule has 1 unspecified atom stereocenters. The minimum Gasteiger partial charge on any atom is -0.291 e. The molecular weight excluding hydrogens is 158 g/mol. The maximum absolute atomic E-state index is 10.6. The number of rotatable bonds is 5. The van der Waals surface area contributed by atoms with Crippen LogP contribution in [0.1, 0.15) is 26.7 Å². The second kappa shape index (κ2) is 5.71. The number of hydrogen-bond acceptors (Lipinski definition) is 3. The van der Waals surface area contributed by atoms with Crippen LogP contribution in [0, 0.1) is 11.8 Å². The van der Waals surface area contributed by atoms with Crippen molar-refractivity contribution in [2.45, 2.75) is 26.7 Å². The number of nitrogens with one attached hydrogen (secondary N) is 1. The van der Waals surface area contributed by atoms with Crippen molar-refractivity contribution in [1.82, 2.24) is 5.48 Å². The molecule has 1 atom stereocenters. The van der Waals surface area contributed by atoms with Crippen LogP contribution in [0.5, 0.6) is 0 Å². The van der Waals surface area contributed by atoms with E-state index in [-0.39, 0.29) is 6.42 Å². The van der Waals surface area contributed by atoms with Crippen LogP contribution in [0.2, 0.25) is 0 Å². The van der Waals surface area contributed by atoms with Gasteiger partial charge in [-0.05, 0) is 12.3 Å². The monoisotopic (exact) mass is 172 g/mol. The third kappa shape index (κ3) is 4.85. The molecule has 0 spiro atoms. The number of amides is 1. The van der Waals surface area contributed by atoms with Gasteiger partial charge < -0.3 is 0 Å². The van der Waals surface area contributed by atoms with Crippen molar-refractivity contribution in [3.8, 4) is 0 Å². The van der Waals surface area contributed by atoms with Gasteiger partial charge in [-0.2, -0.15) is 0 Å². The molecule has 0 aromatic heterocycles. The molecular formula is C8H14NO3. The van der Waals surface area contributed by atoms with E-state index in [1.165, 1.54) is 5.48 Å². The molecule has 2 N–H and O–H groups in total. The molecule has 0 saturated carbocycles. The van der Waals surface area contributed by atoms with Crippen molar-refractivity contribution in [3.05, 3.63) is 0 Å². The normalized spacial score (nSPS) is 12.7. The highest BCUT2D eigenvalue weighted by Crippen LogP contribution is 2.12. The molecule has 0 aliphatic rings. The van der Waals surface area contributed by atoms with Gasteiger partial charge in [0.25, 0.3) is 0 Å². The summed E-state index contributed by atoms with van der Waals surface area (Å²) in [5.74, 6) is -0.593. The molecule has 69 valence electrons. The van der Waals surface area contributed by atoms with Crippen LogP contribution in [0.3, 0.4) is 0 Å². The van der Waals surface area contributed by atoms with Crippen LogP contribution in [-0.2, 0) is 9.59 Å². The van der Waals surface area contributed by atoms with Gasteiger partial charge in [0.05, 0.1) is 0 Å². The maximum Gasteiger partial charge on any atom is 0.244 e. The van der Waals surface area contributed by atoms with E-state index in [0.29, 0.717) is 12.3 Å². The smallest absolute Gasteiger partial charge is 0.244 e. The Balaban J connectivity index is 3.82. The van der Waals surface area contributed by atoms with Crippen LogP contribution in [0.4, 0.5) is 0 Å². The molecule has 0 saturated heterocycles. The zero-order chi connectivity index (χ0) is 9.56. The molecule has 0 aliphatic carbocycles. The van der Waals surface area contributed by atoms with Crippen LogP contribution >= 0.6 is 0 Å². The predicted molar refractivity (Wildman–Crippen MR) is 43.2 cm³/mol. The van der Waals surface area contributed by atoms with Gasteiger partial charge in [0.2, 0.25) is 12.2 Å². The molecule has 0 heterocycles. The summed E-state index contributed by atoms with van der Waals surface area (Å²) in [4.78, 5) is 20.9. The standard InChI is InChI=1S/C8H14NO3/c1-6(2)3-7(5-10)4-8(11)9-12/h6-7,12H,3-4H2,1-2H3,(H,9,11). The predicted octanol–water partition coefficient (Wildman–Crippen LogP) is 0.654. The number of hydroxylamine groups is 1. The fourth-order valence-electron chi connectivity index (χ4n) is 1.01. The van der Waals surface area contributed by atoms with Gasteiger partial charge in [0.1, 0.15) is 0 Å². The molecule has 1 amide bonds. The Kier molecular flexibility index (Phi) is 5.28. The quantitative estimate of drug-likeness (QED) is 0.472. The van der Waals surface area contributed by atoms with Gasteiger partial charge in [0, 0.05) is 12.3 Å². The van der Waals surface area contributed by atoms with Gasteiger partial charge in [-0.3, -0.25) is 14.8 Å². The lowest BCUT2D eigenvalue weighted by Gasteiger charge is -2.09. The molecule has 4 heteroatoms. The summed E-state index contributed by atoms with van der Waals surface area (Å²) in [6.07, 6.45) is 2.41. The molecule has 0 aromatic carbocycles. The Hall–Kier alpha value is -0.900. The molecule has 0 bridgehead atoms. The third-order valence-electron chi connectivity index (χ3n) is 1.48. The first-order valence-corrected chi connectivity index (χ1v) is 3.90. The van der Waals surface area contributed by atoms with E-state index in [1.54, 1.807) is 6.29 Å². The van der Waals surface area contributed by atoms with Gasteiger partial charge in [-0.25, -0.2) is 5.48 Å². The summed E-state index contributed by atoms with van der Waals surface area (Å²) in [6, 6.07) is 0. The van der Waals surface area contributed by atoms with Crippen molar-refractivity contribution >= 4 is 12.2 Å². The Morgan fingerprint density at radius 3 is 2.50 bits per heavy atom. The highest BCUT2D eigenvalue weighted by atomic mass is 16.5. The minimum absolute atomic E-state index is 0.0121. The number of carbonyl (C=O) groups excluding carboxylic acids is 2. The zero-order valence-corrected chi connectivity index (χ0v) is 7.33. The van der Waals surface area contributed by atoms with E-state index in [0.717, 1.165) is 0 Å². The Bertz CT molecular complexity index is 156. The summed E-state index contributed by atoms with van der Waals surface area (Å²) in [5, 5.41) is 8.18. The van der Waals surface area contributed by atoms with Crippen molar-refractivity contribution in [3.63, 3.8) is 0 Å². The van der Waals surface area contributed by atoms with Crippen LogP contribution < -0.4 is 5.48 Å². The lowest BCUT2D eigenvalue weighted by Crippen LogP contribution is -2.23. The lowest BCUT2D eigenvalue weighted by molar-refractivity contribution is -0.129. The van der Waals surface area contributed by atoms with Crippen LogP contribution in [0.15, 0.2) is 0 Å².